The maximum Gasteiger partial charge on any atom is 0.243 e. The number of rotatable bonds is 2. The Morgan fingerprint density at radius 2 is 2.40 bits per heavy atom. The molecule has 0 radical (unpaired) electrons. The average molecular weight is 225 g/mol. The minimum Gasteiger partial charge on any atom is -0.306 e. The Balaban J connectivity index is 1.99. The molecule has 1 aliphatic heterocycles. The first kappa shape index (κ1) is 10.6. The van der Waals surface area contributed by atoms with Gasteiger partial charge in [-0.1, -0.05) is 0 Å². The van der Waals surface area contributed by atoms with E-state index in [9.17, 15) is 4.79 Å². The van der Waals surface area contributed by atoms with Crippen LogP contribution in [0.4, 0.5) is 5.13 Å². The summed E-state index contributed by atoms with van der Waals surface area (Å²) in [4.78, 5) is 17.2. The lowest BCUT2D eigenvalue weighted by Gasteiger charge is -2.08. The van der Waals surface area contributed by atoms with E-state index in [0.29, 0.717) is 5.13 Å². The Morgan fingerprint density at radius 1 is 1.60 bits per heavy atom. The van der Waals surface area contributed by atoms with Gasteiger partial charge >= 0.3 is 0 Å². The minimum absolute atomic E-state index is 0.0329. The summed E-state index contributed by atoms with van der Waals surface area (Å²) in [5, 5.41) is 6.73. The molecule has 1 aromatic rings. The number of aromatic nitrogens is 1. The number of anilines is 1. The summed E-state index contributed by atoms with van der Waals surface area (Å²) in [6, 6.07) is -0.0329. The van der Waals surface area contributed by atoms with Crippen molar-refractivity contribution in [1.82, 2.24) is 10.3 Å². The van der Waals surface area contributed by atoms with Gasteiger partial charge in [-0.2, -0.15) is 0 Å². The smallest absolute Gasteiger partial charge is 0.243 e. The molecule has 1 atom stereocenters. The molecular formula is C10H15N3OS. The van der Waals surface area contributed by atoms with Gasteiger partial charge in [0.05, 0.1) is 11.7 Å². The Bertz CT molecular complexity index is 349. The average Bonchev–Trinajstić information content (AvgIpc) is 2.77. The van der Waals surface area contributed by atoms with Crippen molar-refractivity contribution >= 4 is 22.4 Å². The van der Waals surface area contributed by atoms with Gasteiger partial charge in [0.25, 0.3) is 0 Å². The zero-order valence-corrected chi connectivity index (χ0v) is 9.78. The topological polar surface area (TPSA) is 54.0 Å². The number of nitrogens with one attached hydrogen (secondary N) is 2. The summed E-state index contributed by atoms with van der Waals surface area (Å²) in [5.41, 5.74) is 0.995. The number of aryl methyl sites for hydroxylation is 2. The third-order valence-corrected chi connectivity index (χ3v) is 3.62. The maximum atomic E-state index is 11.7. The number of carbonyl (C=O) groups excluding carboxylic acids is 1. The third-order valence-electron chi connectivity index (χ3n) is 2.64. The molecule has 2 rings (SSSR count). The van der Waals surface area contributed by atoms with Gasteiger partial charge in [-0.25, -0.2) is 4.98 Å². The van der Waals surface area contributed by atoms with Crippen molar-refractivity contribution in [3.05, 3.63) is 10.6 Å². The molecule has 1 aromatic heterocycles. The molecule has 0 aromatic carbocycles. The lowest BCUT2D eigenvalue weighted by atomic mass is 10.2. The van der Waals surface area contributed by atoms with Crippen LogP contribution in [-0.2, 0) is 4.79 Å². The van der Waals surface area contributed by atoms with Crippen LogP contribution >= 0.6 is 11.3 Å². The summed E-state index contributed by atoms with van der Waals surface area (Å²) in [6.45, 7) is 4.90. The van der Waals surface area contributed by atoms with Crippen molar-refractivity contribution < 1.29 is 4.79 Å². The molecular weight excluding hydrogens is 210 g/mol. The number of hydrogen-bond donors (Lipinski definition) is 2. The Labute approximate surface area is 93.1 Å². The summed E-state index contributed by atoms with van der Waals surface area (Å²) in [5.74, 6) is 0.0428. The lowest BCUT2D eigenvalue weighted by molar-refractivity contribution is -0.117. The largest absolute Gasteiger partial charge is 0.306 e. The molecule has 1 aliphatic rings. The molecule has 0 aliphatic carbocycles. The van der Waals surface area contributed by atoms with Gasteiger partial charge in [0.15, 0.2) is 5.13 Å². The number of carbonyl (C=O) groups is 1. The molecule has 0 spiro atoms. The number of thiazole rings is 1. The molecule has 0 saturated carbocycles. The molecule has 1 saturated heterocycles. The standard InChI is InChI=1S/C10H15N3OS/c1-6-7(2)15-10(12-6)13-9(14)8-4-3-5-11-8/h8,11H,3-5H2,1-2H3,(H,12,13,14). The fourth-order valence-corrected chi connectivity index (χ4v) is 2.44. The fraction of sp³-hybridized carbons (Fsp3) is 0.600. The van der Waals surface area contributed by atoms with E-state index in [-0.39, 0.29) is 11.9 Å². The quantitative estimate of drug-likeness (QED) is 0.801. The van der Waals surface area contributed by atoms with Crippen molar-refractivity contribution in [3.8, 4) is 0 Å². The van der Waals surface area contributed by atoms with Crippen LogP contribution in [0.5, 0.6) is 0 Å². The van der Waals surface area contributed by atoms with Gasteiger partial charge in [0.1, 0.15) is 0 Å². The molecule has 0 bridgehead atoms. The number of amides is 1. The fourth-order valence-electron chi connectivity index (χ4n) is 1.63. The van der Waals surface area contributed by atoms with E-state index < -0.39 is 0 Å². The Hall–Kier alpha value is -0.940. The summed E-state index contributed by atoms with van der Waals surface area (Å²) < 4.78 is 0. The predicted molar refractivity (Wildman–Crippen MR) is 61.2 cm³/mol. The maximum absolute atomic E-state index is 11.7. The second-order valence-electron chi connectivity index (χ2n) is 3.80. The highest BCUT2D eigenvalue weighted by Crippen LogP contribution is 2.21. The molecule has 5 heteroatoms. The van der Waals surface area contributed by atoms with Crippen molar-refractivity contribution in [3.63, 3.8) is 0 Å². The van der Waals surface area contributed by atoms with Crippen molar-refractivity contribution in [2.75, 3.05) is 11.9 Å². The summed E-state index contributed by atoms with van der Waals surface area (Å²) >= 11 is 1.53. The molecule has 1 fully saturated rings. The zero-order valence-electron chi connectivity index (χ0n) is 8.96. The molecule has 15 heavy (non-hydrogen) atoms. The Morgan fingerprint density at radius 3 is 2.93 bits per heavy atom. The third kappa shape index (κ3) is 2.35. The highest BCUT2D eigenvalue weighted by molar-refractivity contribution is 7.15. The molecule has 2 N–H and O–H groups in total. The molecule has 4 nitrogen and oxygen atoms in total. The number of nitrogens with zero attached hydrogens (tertiary/aromatic N) is 1. The first-order valence-corrected chi connectivity index (χ1v) is 5.97. The molecule has 1 amide bonds. The molecule has 82 valence electrons. The van der Waals surface area contributed by atoms with Gasteiger partial charge in [0.2, 0.25) is 5.91 Å². The highest BCUT2D eigenvalue weighted by atomic mass is 32.1. The van der Waals surface area contributed by atoms with Gasteiger partial charge in [-0.15, -0.1) is 11.3 Å². The molecule has 2 heterocycles. The second kappa shape index (κ2) is 4.28. The van der Waals surface area contributed by atoms with Gasteiger partial charge < -0.3 is 10.6 Å². The van der Waals surface area contributed by atoms with Crippen LogP contribution in [0, 0.1) is 13.8 Å². The van der Waals surface area contributed by atoms with E-state index in [1.165, 1.54) is 11.3 Å². The zero-order chi connectivity index (χ0) is 10.8. The SMILES string of the molecule is Cc1nc(NC(=O)C2CCCN2)sc1C. The summed E-state index contributed by atoms with van der Waals surface area (Å²) in [6.07, 6.45) is 2.00. The monoisotopic (exact) mass is 225 g/mol. The van der Waals surface area contributed by atoms with Gasteiger partial charge in [-0.05, 0) is 33.2 Å². The minimum atomic E-state index is -0.0329. The first-order valence-electron chi connectivity index (χ1n) is 5.15. The first-order chi connectivity index (χ1) is 7.16. The van der Waals surface area contributed by atoms with E-state index in [0.717, 1.165) is 30.0 Å². The predicted octanol–water partition coefficient (Wildman–Crippen LogP) is 1.45. The van der Waals surface area contributed by atoms with E-state index in [4.69, 9.17) is 0 Å². The molecule has 1 unspecified atom stereocenters. The van der Waals surface area contributed by atoms with E-state index in [2.05, 4.69) is 15.6 Å². The van der Waals surface area contributed by atoms with Crippen LogP contribution in [-0.4, -0.2) is 23.5 Å². The van der Waals surface area contributed by atoms with Crippen LogP contribution < -0.4 is 10.6 Å². The van der Waals surface area contributed by atoms with E-state index in [1.807, 2.05) is 13.8 Å². The summed E-state index contributed by atoms with van der Waals surface area (Å²) in [7, 11) is 0. The van der Waals surface area contributed by atoms with Crippen molar-refractivity contribution in [2.24, 2.45) is 0 Å². The Kier molecular flexibility index (Phi) is 3.02. The van der Waals surface area contributed by atoms with Gasteiger partial charge in [-0.3, -0.25) is 4.79 Å². The second-order valence-corrected chi connectivity index (χ2v) is 5.00. The van der Waals surface area contributed by atoms with E-state index in [1.54, 1.807) is 0 Å². The van der Waals surface area contributed by atoms with Gasteiger partial charge in [0, 0.05) is 4.88 Å². The van der Waals surface area contributed by atoms with Crippen LogP contribution in [0.15, 0.2) is 0 Å². The van der Waals surface area contributed by atoms with E-state index >= 15 is 0 Å². The number of hydrogen-bond acceptors (Lipinski definition) is 4. The van der Waals surface area contributed by atoms with Crippen LogP contribution in [0.25, 0.3) is 0 Å². The van der Waals surface area contributed by atoms with Crippen molar-refractivity contribution in [1.29, 1.82) is 0 Å². The van der Waals surface area contributed by atoms with Crippen LogP contribution in [0.1, 0.15) is 23.4 Å². The lowest BCUT2D eigenvalue weighted by Crippen LogP contribution is -2.35. The normalized spacial score (nSPS) is 20.5. The van der Waals surface area contributed by atoms with Crippen LogP contribution in [0.2, 0.25) is 0 Å². The van der Waals surface area contributed by atoms with Crippen molar-refractivity contribution in [2.45, 2.75) is 32.7 Å². The van der Waals surface area contributed by atoms with Crippen LogP contribution in [0.3, 0.4) is 0 Å². The highest BCUT2D eigenvalue weighted by Gasteiger charge is 2.22.